The molecule has 0 aromatic rings. The molecule has 0 aromatic heterocycles. The first-order chi connectivity index (χ1) is 38.3. The highest BCUT2D eigenvalue weighted by molar-refractivity contribution is 6.06. The van der Waals surface area contributed by atoms with E-state index < -0.39 is 41.6 Å². The molecule has 0 saturated carbocycles. The van der Waals surface area contributed by atoms with Crippen molar-refractivity contribution in [2.45, 2.75) is 399 Å². The first-order valence-electron chi connectivity index (χ1n) is 35.0. The molecular weight excluding hydrogens is 969 g/mol. The van der Waals surface area contributed by atoms with Gasteiger partial charge >= 0.3 is 17.9 Å². The average molecular weight is 1100 g/mol. The Kier molecular flexibility index (Phi) is 59.6. The van der Waals surface area contributed by atoms with Crippen LogP contribution in [-0.2, 0) is 33.4 Å². The van der Waals surface area contributed by atoms with Crippen LogP contribution < -0.4 is 0 Å². The van der Waals surface area contributed by atoms with Crippen molar-refractivity contribution in [2.24, 2.45) is 5.92 Å². The molecular formula is C70H134O8. The van der Waals surface area contributed by atoms with Crippen LogP contribution >= 0.6 is 0 Å². The minimum absolute atomic E-state index is 0.0390. The minimum atomic E-state index is -2.71. The number of unbranched alkanes of at least 4 members (excludes halogenated alkanes) is 51. The molecule has 0 spiro atoms. The summed E-state index contributed by atoms with van der Waals surface area (Å²) in [5.41, 5.74) is -2.71. The quantitative estimate of drug-likeness (QED) is 0.0277. The zero-order chi connectivity index (χ0) is 56.9. The van der Waals surface area contributed by atoms with Crippen LogP contribution in [0.25, 0.3) is 0 Å². The highest BCUT2D eigenvalue weighted by Gasteiger charge is 2.55. The molecule has 0 radical (unpaired) electrons. The highest BCUT2D eigenvalue weighted by Crippen LogP contribution is 2.30. The molecule has 0 aliphatic rings. The predicted molar refractivity (Wildman–Crippen MR) is 332 cm³/mol. The molecule has 0 amide bonds. The van der Waals surface area contributed by atoms with Crippen molar-refractivity contribution in [3.63, 3.8) is 0 Å². The third kappa shape index (κ3) is 49.8. The number of Topliss-reactive ketones (excluding diaryl/α,β-unsaturated/α-hetero) is 1. The average Bonchev–Trinajstić information content (AvgIpc) is 3.46. The maximum Gasteiger partial charge on any atom is 0.340 e. The number of carbonyl (C=O) groups excluding carboxylic acids is 4. The van der Waals surface area contributed by atoms with Crippen LogP contribution in [0.2, 0.25) is 0 Å². The normalized spacial score (nSPS) is 12.7. The third-order valence-electron chi connectivity index (χ3n) is 16.5. The van der Waals surface area contributed by atoms with Gasteiger partial charge in [0.25, 0.3) is 0 Å². The summed E-state index contributed by atoms with van der Waals surface area (Å²) in [5, 5.41) is 12.1. The summed E-state index contributed by atoms with van der Waals surface area (Å²) in [4.78, 5) is 54.8. The Hall–Kier alpha value is -1.96. The van der Waals surface area contributed by atoms with E-state index in [0.717, 1.165) is 57.8 Å². The van der Waals surface area contributed by atoms with Crippen molar-refractivity contribution in [1.29, 1.82) is 0 Å². The lowest BCUT2D eigenvalue weighted by molar-refractivity contribution is -0.188. The van der Waals surface area contributed by atoms with E-state index in [4.69, 9.17) is 14.2 Å². The Morgan fingerprint density at radius 3 is 0.756 bits per heavy atom. The van der Waals surface area contributed by atoms with Gasteiger partial charge in [0.05, 0.1) is 26.2 Å². The van der Waals surface area contributed by atoms with Gasteiger partial charge in [0.15, 0.2) is 17.3 Å². The van der Waals surface area contributed by atoms with Gasteiger partial charge in [0, 0.05) is 6.42 Å². The van der Waals surface area contributed by atoms with Crippen molar-refractivity contribution < 1.29 is 38.5 Å². The molecule has 0 bridgehead atoms. The number of esters is 3. The molecule has 2 atom stereocenters. The lowest BCUT2D eigenvalue weighted by Crippen LogP contribution is -2.55. The number of ether oxygens (including phenoxy) is 3. The van der Waals surface area contributed by atoms with E-state index in [1.165, 1.54) is 270 Å². The molecule has 1 N–H and O–H groups in total. The zero-order valence-electron chi connectivity index (χ0n) is 52.8. The number of aliphatic hydroxyl groups is 1. The summed E-state index contributed by atoms with van der Waals surface area (Å²) >= 11 is 0. The Morgan fingerprint density at radius 2 is 0.513 bits per heavy atom. The molecule has 0 rings (SSSR count). The van der Waals surface area contributed by atoms with E-state index in [1.807, 2.05) is 6.92 Å². The van der Waals surface area contributed by atoms with Gasteiger partial charge in [-0.15, -0.1) is 0 Å². The third-order valence-corrected chi connectivity index (χ3v) is 16.5. The second kappa shape index (κ2) is 61.1. The van der Waals surface area contributed by atoms with Crippen LogP contribution in [-0.4, -0.2) is 54.2 Å². The van der Waals surface area contributed by atoms with Crippen LogP contribution in [0.5, 0.6) is 0 Å². The number of hydrogen-bond donors (Lipinski definition) is 1. The predicted octanol–water partition coefficient (Wildman–Crippen LogP) is 21.8. The summed E-state index contributed by atoms with van der Waals surface area (Å²) in [6.07, 6.45) is 67.2. The topological polar surface area (TPSA) is 116 Å². The van der Waals surface area contributed by atoms with Gasteiger partial charge in [-0.1, -0.05) is 355 Å². The van der Waals surface area contributed by atoms with E-state index in [9.17, 15) is 24.3 Å². The molecule has 0 aliphatic carbocycles. The molecule has 0 saturated heterocycles. The summed E-state index contributed by atoms with van der Waals surface area (Å²) in [5.74, 6) is -5.40. The first-order valence-corrected chi connectivity index (χ1v) is 35.0. The second-order valence-corrected chi connectivity index (χ2v) is 24.3. The monoisotopic (exact) mass is 1100 g/mol. The Morgan fingerprint density at radius 1 is 0.295 bits per heavy atom. The summed E-state index contributed by atoms with van der Waals surface area (Å²) < 4.78 is 16.8. The molecule has 8 heteroatoms. The van der Waals surface area contributed by atoms with Crippen molar-refractivity contribution in [3.05, 3.63) is 0 Å². The summed E-state index contributed by atoms with van der Waals surface area (Å²) in [6.45, 7) is 8.91. The number of carbonyl (C=O) groups is 4. The van der Waals surface area contributed by atoms with Crippen LogP contribution in [0.3, 0.4) is 0 Å². The lowest BCUT2D eigenvalue weighted by Gasteiger charge is -2.31. The largest absolute Gasteiger partial charge is 0.466 e. The minimum Gasteiger partial charge on any atom is -0.466 e. The molecule has 0 aliphatic heterocycles. The maximum absolute atomic E-state index is 13.9. The fourth-order valence-corrected chi connectivity index (χ4v) is 11.3. The van der Waals surface area contributed by atoms with Gasteiger partial charge in [-0.2, -0.15) is 0 Å². The van der Waals surface area contributed by atoms with E-state index in [-0.39, 0.29) is 26.2 Å². The Labute approximate surface area is 485 Å². The van der Waals surface area contributed by atoms with E-state index in [0.29, 0.717) is 25.7 Å². The van der Waals surface area contributed by atoms with E-state index >= 15 is 0 Å². The molecule has 2 unspecified atom stereocenters. The van der Waals surface area contributed by atoms with Gasteiger partial charge in [0.1, 0.15) is 0 Å². The fourth-order valence-electron chi connectivity index (χ4n) is 11.3. The van der Waals surface area contributed by atoms with Gasteiger partial charge in [0.2, 0.25) is 0 Å². The fraction of sp³-hybridized carbons (Fsp3) is 0.943. The number of ketones is 1. The molecule has 0 fully saturated rings. The Balaban J connectivity index is 4.90. The van der Waals surface area contributed by atoms with Crippen molar-refractivity contribution in [3.8, 4) is 0 Å². The lowest BCUT2D eigenvalue weighted by atomic mass is 9.80. The van der Waals surface area contributed by atoms with Gasteiger partial charge in [-0.25, -0.2) is 4.79 Å². The van der Waals surface area contributed by atoms with Crippen molar-refractivity contribution in [2.75, 3.05) is 19.8 Å². The second-order valence-electron chi connectivity index (χ2n) is 24.3. The van der Waals surface area contributed by atoms with Crippen LogP contribution in [0, 0.1) is 5.92 Å². The first kappa shape index (κ1) is 76.0. The molecule has 0 heterocycles. The summed E-state index contributed by atoms with van der Waals surface area (Å²) in [6, 6.07) is 0. The maximum atomic E-state index is 13.9. The zero-order valence-corrected chi connectivity index (χ0v) is 52.8. The van der Waals surface area contributed by atoms with Crippen LogP contribution in [0.15, 0.2) is 0 Å². The van der Waals surface area contributed by atoms with Crippen LogP contribution in [0.1, 0.15) is 394 Å². The van der Waals surface area contributed by atoms with E-state index in [1.54, 1.807) is 0 Å². The molecule has 78 heavy (non-hydrogen) atoms. The molecule has 0 aromatic carbocycles. The van der Waals surface area contributed by atoms with Gasteiger partial charge in [-0.3, -0.25) is 14.4 Å². The summed E-state index contributed by atoms with van der Waals surface area (Å²) in [7, 11) is 0. The number of hydrogen-bond acceptors (Lipinski definition) is 8. The smallest absolute Gasteiger partial charge is 0.340 e. The number of rotatable bonds is 65. The van der Waals surface area contributed by atoms with Crippen molar-refractivity contribution in [1.82, 2.24) is 0 Å². The SMILES string of the molecule is CCCCCCCCCCCCCCCCCCCCOC(=O)CC(O)(C(=O)OCCCCCCCCCCCCCCCCCCCC)C(C(=O)CCC)C(=O)OCCCCCCCCCCCCCCCCCCCC. The molecule has 8 nitrogen and oxygen atoms in total. The standard InChI is InChI=1S/C70H134O8/c1-5-9-12-15-18-21-24-27-30-33-36-39-42-45-48-51-54-57-61-76-66(72)64-70(75,69(74)78-63-59-56-53-50-47-44-41-38-35-32-29-26-23-20-17-14-11-7-3)67(65(71)60-8-4)68(73)77-62-58-55-52-49-46-43-40-37-34-31-28-25-22-19-16-13-10-6-2/h67,75H,5-64H2,1-4H3. The van der Waals surface area contributed by atoms with Gasteiger partial charge in [-0.05, 0) is 25.7 Å². The van der Waals surface area contributed by atoms with Crippen molar-refractivity contribution >= 4 is 23.7 Å². The highest BCUT2D eigenvalue weighted by atomic mass is 16.6. The molecule has 462 valence electrons. The van der Waals surface area contributed by atoms with E-state index in [2.05, 4.69) is 20.8 Å². The van der Waals surface area contributed by atoms with Gasteiger partial charge < -0.3 is 19.3 Å². The van der Waals surface area contributed by atoms with Crippen LogP contribution in [0.4, 0.5) is 0 Å². The Bertz CT molecular complexity index is 1290.